The van der Waals surface area contributed by atoms with Crippen LogP contribution in [0.3, 0.4) is 0 Å². The van der Waals surface area contributed by atoms with Crippen LogP contribution in [-0.2, 0) is 9.59 Å². The van der Waals surface area contributed by atoms with Gasteiger partial charge in [0.15, 0.2) is 5.92 Å². The highest BCUT2D eigenvalue weighted by atomic mass is 16.4. The quantitative estimate of drug-likeness (QED) is 0.469. The van der Waals surface area contributed by atoms with Gasteiger partial charge in [-0.3, -0.25) is 9.59 Å². The van der Waals surface area contributed by atoms with E-state index in [1.54, 1.807) is 6.92 Å². The Hall–Kier alpha value is -1.32. The van der Waals surface area contributed by atoms with Crippen LogP contribution in [0.2, 0.25) is 0 Å². The summed E-state index contributed by atoms with van der Waals surface area (Å²) in [6.07, 6.45) is 1.48. The van der Waals surface area contributed by atoms with Crippen LogP contribution >= 0.6 is 0 Å². The number of carboxylic acids is 2. The van der Waals surface area contributed by atoms with Gasteiger partial charge in [-0.25, -0.2) is 0 Å². The van der Waals surface area contributed by atoms with Gasteiger partial charge in [-0.15, -0.1) is 0 Å². The molecule has 2 N–H and O–H groups in total. The molecule has 0 bridgehead atoms. The molecule has 62 valence electrons. The monoisotopic (exact) mass is 158 g/mol. The molecule has 0 rings (SSSR count). The molecule has 0 radical (unpaired) electrons. The third-order valence-corrected chi connectivity index (χ3v) is 1.40. The number of hydrogen-bond donors (Lipinski definition) is 2. The van der Waals surface area contributed by atoms with Gasteiger partial charge in [-0.2, -0.15) is 0 Å². The van der Waals surface area contributed by atoms with Gasteiger partial charge in [0.1, 0.15) is 0 Å². The molecule has 4 heteroatoms. The molecule has 0 amide bonds. The van der Waals surface area contributed by atoms with Gasteiger partial charge >= 0.3 is 11.9 Å². The Balaban J connectivity index is 4.62. The zero-order chi connectivity index (χ0) is 9.02. The van der Waals surface area contributed by atoms with Crippen molar-refractivity contribution in [3.8, 4) is 0 Å². The maximum atomic E-state index is 10.3. The number of carboxylic acid groups (broad SMARTS) is 2. The molecular weight excluding hydrogens is 148 g/mol. The molecule has 11 heavy (non-hydrogen) atoms. The number of allylic oxidation sites excluding steroid dienone is 1. The van der Waals surface area contributed by atoms with Crippen molar-refractivity contribution in [3.05, 3.63) is 11.6 Å². The summed E-state index contributed by atoms with van der Waals surface area (Å²) < 4.78 is 0. The Labute approximate surface area is 64.2 Å². The van der Waals surface area contributed by atoms with Crippen LogP contribution in [0.1, 0.15) is 13.8 Å². The normalized spacial score (nSPS) is 11.7. The van der Waals surface area contributed by atoms with Crippen molar-refractivity contribution >= 4 is 11.9 Å². The molecule has 0 aliphatic heterocycles. The summed E-state index contributed by atoms with van der Waals surface area (Å²) in [5.41, 5.74) is 0.338. The highest BCUT2D eigenvalue weighted by Crippen LogP contribution is 2.10. The van der Waals surface area contributed by atoms with Gasteiger partial charge in [-0.1, -0.05) is 11.6 Å². The summed E-state index contributed by atoms with van der Waals surface area (Å²) >= 11 is 0. The van der Waals surface area contributed by atoms with E-state index in [4.69, 9.17) is 10.2 Å². The van der Waals surface area contributed by atoms with Crippen molar-refractivity contribution in [2.45, 2.75) is 13.8 Å². The maximum Gasteiger partial charge on any atom is 0.322 e. The largest absolute Gasteiger partial charge is 0.480 e. The fourth-order valence-corrected chi connectivity index (χ4v) is 0.662. The van der Waals surface area contributed by atoms with Crippen molar-refractivity contribution in [3.63, 3.8) is 0 Å². The van der Waals surface area contributed by atoms with E-state index in [0.29, 0.717) is 5.57 Å². The Morgan fingerprint density at radius 3 is 1.73 bits per heavy atom. The van der Waals surface area contributed by atoms with Crippen molar-refractivity contribution in [2.24, 2.45) is 5.92 Å². The van der Waals surface area contributed by atoms with E-state index in [9.17, 15) is 9.59 Å². The third kappa shape index (κ3) is 2.41. The van der Waals surface area contributed by atoms with Crippen LogP contribution < -0.4 is 0 Å². The highest BCUT2D eigenvalue weighted by Gasteiger charge is 2.26. The minimum Gasteiger partial charge on any atom is -0.480 e. The van der Waals surface area contributed by atoms with E-state index in [-0.39, 0.29) is 0 Å². The average molecular weight is 158 g/mol. The summed E-state index contributed by atoms with van der Waals surface area (Å²) in [7, 11) is 0. The van der Waals surface area contributed by atoms with Crippen LogP contribution in [0.4, 0.5) is 0 Å². The molecule has 4 nitrogen and oxygen atoms in total. The average Bonchev–Trinajstić information content (AvgIpc) is 1.85. The lowest BCUT2D eigenvalue weighted by molar-refractivity contribution is -0.152. The number of rotatable bonds is 3. The van der Waals surface area contributed by atoms with Crippen LogP contribution in [-0.4, -0.2) is 22.2 Å². The Bertz CT molecular complexity index is 190. The van der Waals surface area contributed by atoms with Gasteiger partial charge in [0.25, 0.3) is 0 Å². The third-order valence-electron chi connectivity index (χ3n) is 1.40. The van der Waals surface area contributed by atoms with Crippen LogP contribution in [0.5, 0.6) is 0 Å². The van der Waals surface area contributed by atoms with E-state index < -0.39 is 17.9 Å². The molecule has 0 spiro atoms. The van der Waals surface area contributed by atoms with Gasteiger partial charge in [0.2, 0.25) is 0 Å². The van der Waals surface area contributed by atoms with Crippen molar-refractivity contribution in [1.29, 1.82) is 0 Å². The van der Waals surface area contributed by atoms with Crippen LogP contribution in [0.15, 0.2) is 11.6 Å². The van der Waals surface area contributed by atoms with E-state index in [1.165, 1.54) is 13.0 Å². The minimum absolute atomic E-state index is 0.338. The molecule has 0 atom stereocenters. The molecule has 0 aromatic carbocycles. The molecule has 0 unspecified atom stereocenters. The Morgan fingerprint density at radius 1 is 1.27 bits per heavy atom. The Kier molecular flexibility index (Phi) is 3.30. The lowest BCUT2D eigenvalue weighted by Gasteiger charge is -2.05. The van der Waals surface area contributed by atoms with Crippen LogP contribution in [0.25, 0.3) is 0 Å². The second-order valence-electron chi connectivity index (χ2n) is 2.14. The number of hydrogen-bond acceptors (Lipinski definition) is 2. The predicted molar refractivity (Wildman–Crippen MR) is 38.2 cm³/mol. The van der Waals surface area contributed by atoms with E-state index >= 15 is 0 Å². The second kappa shape index (κ2) is 3.75. The summed E-state index contributed by atoms with van der Waals surface area (Å²) in [6, 6.07) is 0. The standard InChI is InChI=1S/C7H10O4/c1-3-4(2)5(6(8)9)7(10)11/h3,5H,1-2H3,(H,8,9)(H,10,11). The first-order valence-electron chi connectivity index (χ1n) is 3.09. The maximum absolute atomic E-state index is 10.3. The van der Waals surface area contributed by atoms with Crippen molar-refractivity contribution < 1.29 is 19.8 Å². The van der Waals surface area contributed by atoms with E-state index in [0.717, 1.165) is 0 Å². The summed E-state index contributed by atoms with van der Waals surface area (Å²) in [6.45, 7) is 3.08. The smallest absolute Gasteiger partial charge is 0.322 e. The predicted octanol–water partition coefficient (Wildman–Crippen LogP) is 0.738. The van der Waals surface area contributed by atoms with Gasteiger partial charge < -0.3 is 10.2 Å². The SMILES string of the molecule is CC=C(C)C(C(=O)O)C(=O)O. The summed E-state index contributed by atoms with van der Waals surface area (Å²) in [5, 5.41) is 16.8. The first kappa shape index (κ1) is 9.68. The molecule has 0 heterocycles. The summed E-state index contributed by atoms with van der Waals surface area (Å²) in [5.74, 6) is -4.05. The molecule has 0 fully saturated rings. The van der Waals surface area contributed by atoms with E-state index in [2.05, 4.69) is 0 Å². The molecule has 0 saturated carbocycles. The first-order chi connectivity index (χ1) is 5.00. The molecule has 0 aromatic heterocycles. The Morgan fingerprint density at radius 2 is 1.64 bits per heavy atom. The van der Waals surface area contributed by atoms with Gasteiger partial charge in [0, 0.05) is 0 Å². The van der Waals surface area contributed by atoms with E-state index in [1.807, 2.05) is 0 Å². The fourth-order valence-electron chi connectivity index (χ4n) is 0.662. The lowest BCUT2D eigenvalue weighted by Crippen LogP contribution is -2.24. The fraction of sp³-hybridized carbons (Fsp3) is 0.429. The first-order valence-corrected chi connectivity index (χ1v) is 3.09. The summed E-state index contributed by atoms with van der Waals surface area (Å²) in [4.78, 5) is 20.6. The molecule has 0 aliphatic rings. The molecular formula is C7H10O4. The number of carbonyl (C=O) groups is 2. The zero-order valence-corrected chi connectivity index (χ0v) is 6.37. The zero-order valence-electron chi connectivity index (χ0n) is 6.37. The van der Waals surface area contributed by atoms with Crippen molar-refractivity contribution in [1.82, 2.24) is 0 Å². The number of aliphatic carboxylic acids is 2. The topological polar surface area (TPSA) is 74.6 Å². The highest BCUT2D eigenvalue weighted by molar-refractivity contribution is 5.96. The molecule has 0 aromatic rings. The second-order valence-corrected chi connectivity index (χ2v) is 2.14. The van der Waals surface area contributed by atoms with Gasteiger partial charge in [-0.05, 0) is 13.8 Å². The minimum atomic E-state index is -1.40. The van der Waals surface area contributed by atoms with Gasteiger partial charge in [0.05, 0.1) is 0 Å². The molecule has 0 aliphatic carbocycles. The van der Waals surface area contributed by atoms with Crippen molar-refractivity contribution in [2.75, 3.05) is 0 Å². The van der Waals surface area contributed by atoms with Crippen LogP contribution in [0, 0.1) is 5.92 Å². The molecule has 0 saturated heterocycles. The lowest BCUT2D eigenvalue weighted by atomic mass is 10.0.